The van der Waals surface area contributed by atoms with E-state index in [0.717, 1.165) is 5.69 Å². The molecule has 0 heterocycles. The van der Waals surface area contributed by atoms with Gasteiger partial charge in [-0.05, 0) is 35.9 Å². The lowest BCUT2D eigenvalue weighted by atomic mass is 10.2. The second-order valence-electron chi connectivity index (χ2n) is 3.38. The van der Waals surface area contributed by atoms with E-state index in [0.29, 0.717) is 11.3 Å². The number of ether oxygens (including phenoxy) is 1. The molecular formula is C14H14ClNO2. The van der Waals surface area contributed by atoms with Crippen LogP contribution in [0.5, 0.6) is 5.75 Å². The summed E-state index contributed by atoms with van der Waals surface area (Å²) >= 11 is 5.27. The van der Waals surface area contributed by atoms with Crippen LogP contribution in [0.2, 0.25) is 0 Å². The van der Waals surface area contributed by atoms with Crippen LogP contribution in [-0.4, -0.2) is 12.4 Å². The maximum atomic E-state index is 10.7. The summed E-state index contributed by atoms with van der Waals surface area (Å²) in [7, 11) is 1.50. The van der Waals surface area contributed by atoms with Crippen LogP contribution in [0.3, 0.4) is 0 Å². The minimum atomic E-state index is -0.498. The van der Waals surface area contributed by atoms with Crippen molar-refractivity contribution in [1.29, 1.82) is 0 Å². The van der Waals surface area contributed by atoms with Gasteiger partial charge < -0.3 is 10.5 Å². The monoisotopic (exact) mass is 263 g/mol. The zero-order valence-electron chi connectivity index (χ0n) is 9.97. The van der Waals surface area contributed by atoms with Crippen molar-refractivity contribution in [3.63, 3.8) is 0 Å². The molecule has 0 atom stereocenters. The van der Waals surface area contributed by atoms with Crippen LogP contribution in [0.25, 0.3) is 0 Å². The summed E-state index contributed by atoms with van der Waals surface area (Å²) in [6.45, 7) is 0. The largest absolute Gasteiger partial charge is 0.496 e. The predicted octanol–water partition coefficient (Wildman–Crippen LogP) is 3.34. The number of nitrogen functional groups attached to an aromatic ring is 1. The van der Waals surface area contributed by atoms with E-state index in [2.05, 4.69) is 0 Å². The Hall–Kier alpha value is -2.00. The normalized spacial score (nSPS) is 9.00. The van der Waals surface area contributed by atoms with E-state index in [4.69, 9.17) is 22.1 Å². The number of halogens is 1. The maximum Gasteiger partial charge on any atom is 0.256 e. The van der Waals surface area contributed by atoms with Crippen molar-refractivity contribution in [1.82, 2.24) is 0 Å². The van der Waals surface area contributed by atoms with Crippen LogP contribution in [0.15, 0.2) is 54.6 Å². The highest BCUT2D eigenvalue weighted by atomic mass is 35.5. The fourth-order valence-electron chi connectivity index (χ4n) is 1.26. The highest BCUT2D eigenvalue weighted by Gasteiger charge is 2.06. The van der Waals surface area contributed by atoms with Crippen LogP contribution in [0.4, 0.5) is 5.69 Å². The predicted molar refractivity (Wildman–Crippen MR) is 74.0 cm³/mol. The van der Waals surface area contributed by atoms with Gasteiger partial charge in [-0.15, -0.1) is 0 Å². The van der Waals surface area contributed by atoms with Crippen molar-refractivity contribution >= 4 is 22.5 Å². The minimum absolute atomic E-state index is 0.400. The van der Waals surface area contributed by atoms with Crippen molar-refractivity contribution < 1.29 is 9.53 Å². The number of rotatable bonds is 2. The van der Waals surface area contributed by atoms with Crippen molar-refractivity contribution in [3.8, 4) is 5.75 Å². The van der Waals surface area contributed by atoms with Gasteiger partial charge in [-0.2, -0.15) is 0 Å². The Bertz CT molecular complexity index is 500. The maximum absolute atomic E-state index is 10.7. The molecule has 0 radical (unpaired) electrons. The summed E-state index contributed by atoms with van der Waals surface area (Å²) in [6.07, 6.45) is 0. The fraction of sp³-hybridized carbons (Fsp3) is 0.0714. The topological polar surface area (TPSA) is 52.3 Å². The molecule has 0 fully saturated rings. The average molecular weight is 264 g/mol. The third kappa shape index (κ3) is 4.47. The number of para-hydroxylation sites is 2. The molecule has 0 aliphatic rings. The molecule has 2 aromatic rings. The Morgan fingerprint density at radius 1 is 1.06 bits per heavy atom. The minimum Gasteiger partial charge on any atom is -0.496 e. The molecule has 0 aliphatic carbocycles. The summed E-state index contributed by atoms with van der Waals surface area (Å²) in [5.41, 5.74) is 6.58. The van der Waals surface area contributed by atoms with E-state index in [-0.39, 0.29) is 0 Å². The van der Waals surface area contributed by atoms with E-state index >= 15 is 0 Å². The van der Waals surface area contributed by atoms with Gasteiger partial charge in [0.2, 0.25) is 0 Å². The Labute approximate surface area is 111 Å². The molecule has 18 heavy (non-hydrogen) atoms. The molecule has 4 heteroatoms. The first-order valence-corrected chi connectivity index (χ1v) is 5.66. The number of methoxy groups -OCH3 is 1. The lowest BCUT2D eigenvalue weighted by Gasteiger charge is -2.01. The van der Waals surface area contributed by atoms with Crippen molar-refractivity contribution in [2.24, 2.45) is 0 Å². The number of anilines is 1. The molecule has 0 saturated carbocycles. The molecular weight excluding hydrogens is 250 g/mol. The molecule has 2 aromatic carbocycles. The van der Waals surface area contributed by atoms with E-state index in [1.165, 1.54) is 7.11 Å². The molecule has 0 amide bonds. The van der Waals surface area contributed by atoms with Crippen LogP contribution in [0, 0.1) is 0 Å². The second-order valence-corrected chi connectivity index (χ2v) is 3.73. The van der Waals surface area contributed by atoms with Crippen molar-refractivity contribution in [2.45, 2.75) is 0 Å². The van der Waals surface area contributed by atoms with Crippen molar-refractivity contribution in [2.75, 3.05) is 12.8 Å². The van der Waals surface area contributed by atoms with Crippen LogP contribution in [0.1, 0.15) is 10.4 Å². The number of hydrogen-bond acceptors (Lipinski definition) is 3. The van der Waals surface area contributed by atoms with Gasteiger partial charge in [-0.3, -0.25) is 4.79 Å². The van der Waals surface area contributed by atoms with E-state index in [1.807, 2.05) is 30.3 Å². The Morgan fingerprint density at radius 2 is 1.61 bits per heavy atom. The molecule has 2 N–H and O–H groups in total. The van der Waals surface area contributed by atoms with Gasteiger partial charge in [0.25, 0.3) is 5.24 Å². The highest BCUT2D eigenvalue weighted by Crippen LogP contribution is 2.18. The number of carbonyl (C=O) groups excluding carboxylic acids is 1. The smallest absolute Gasteiger partial charge is 0.256 e. The van der Waals surface area contributed by atoms with Gasteiger partial charge in [0, 0.05) is 5.69 Å². The number of benzene rings is 2. The number of hydrogen-bond donors (Lipinski definition) is 1. The molecule has 94 valence electrons. The fourth-order valence-corrected chi connectivity index (χ4v) is 1.42. The van der Waals surface area contributed by atoms with Crippen LogP contribution >= 0.6 is 11.6 Å². The van der Waals surface area contributed by atoms with Gasteiger partial charge in [0.15, 0.2) is 0 Å². The van der Waals surface area contributed by atoms with E-state index in [1.54, 1.807) is 24.3 Å². The first-order valence-electron chi connectivity index (χ1n) is 5.28. The zero-order chi connectivity index (χ0) is 13.4. The molecule has 0 unspecified atom stereocenters. The molecule has 2 rings (SSSR count). The van der Waals surface area contributed by atoms with Crippen LogP contribution in [-0.2, 0) is 0 Å². The summed E-state index contributed by atoms with van der Waals surface area (Å²) in [5, 5.41) is -0.498. The molecule has 3 nitrogen and oxygen atoms in total. The first-order chi connectivity index (χ1) is 8.65. The van der Waals surface area contributed by atoms with Crippen LogP contribution < -0.4 is 10.5 Å². The SMILES string of the molecule is COc1ccccc1C(=O)Cl.Nc1ccccc1. The first kappa shape index (κ1) is 14.1. The van der Waals surface area contributed by atoms with Gasteiger partial charge in [0.05, 0.1) is 12.7 Å². The second kappa shape index (κ2) is 7.35. The Balaban J connectivity index is 0.000000199. The van der Waals surface area contributed by atoms with Gasteiger partial charge in [-0.25, -0.2) is 0 Å². The molecule has 0 aromatic heterocycles. The summed E-state index contributed by atoms with van der Waals surface area (Å²) in [5.74, 6) is 0.507. The van der Waals surface area contributed by atoms with E-state index in [9.17, 15) is 4.79 Å². The van der Waals surface area contributed by atoms with E-state index < -0.39 is 5.24 Å². The lowest BCUT2D eigenvalue weighted by Crippen LogP contribution is -1.93. The number of nitrogens with two attached hydrogens (primary N) is 1. The third-order valence-corrected chi connectivity index (χ3v) is 2.32. The molecule has 0 bridgehead atoms. The molecule has 0 saturated heterocycles. The number of carbonyl (C=O) groups is 1. The quantitative estimate of drug-likeness (QED) is 0.668. The molecule has 0 spiro atoms. The molecule has 0 aliphatic heterocycles. The standard InChI is InChI=1S/C8H7ClO2.C6H7N/c1-11-7-5-3-2-4-6(7)8(9)10;7-6-4-2-1-3-5-6/h2-5H,1H3;1-5H,7H2. The zero-order valence-corrected chi connectivity index (χ0v) is 10.7. The van der Waals surface area contributed by atoms with Gasteiger partial charge >= 0.3 is 0 Å². The summed E-state index contributed by atoms with van der Waals surface area (Å²) in [4.78, 5) is 10.7. The average Bonchev–Trinajstić information content (AvgIpc) is 2.40. The summed E-state index contributed by atoms with van der Waals surface area (Å²) in [6, 6.07) is 16.3. The Morgan fingerprint density at radius 3 is 2.00 bits per heavy atom. The van der Waals surface area contributed by atoms with Crippen molar-refractivity contribution in [3.05, 3.63) is 60.2 Å². The third-order valence-electron chi connectivity index (χ3n) is 2.12. The lowest BCUT2D eigenvalue weighted by molar-refractivity contribution is 0.107. The highest BCUT2D eigenvalue weighted by molar-refractivity contribution is 6.68. The Kier molecular flexibility index (Phi) is 5.74. The van der Waals surface area contributed by atoms with Gasteiger partial charge in [-0.1, -0.05) is 30.3 Å². The van der Waals surface area contributed by atoms with Gasteiger partial charge in [0.1, 0.15) is 5.75 Å². The summed E-state index contributed by atoms with van der Waals surface area (Å²) < 4.78 is 4.90.